The molecule has 0 fully saturated rings. The second-order valence-corrected chi connectivity index (χ2v) is 14.6. The molecule has 0 saturated carbocycles. The topological polar surface area (TPSA) is 222 Å². The van der Waals surface area contributed by atoms with Crippen LogP contribution in [0.5, 0.6) is 0 Å². The highest BCUT2D eigenvalue weighted by molar-refractivity contribution is 5.87. The SMILES string of the molecule is C=C(C)C(=O)OCCOCC(C)NCCC(=O)OCC(CC)(COC(=O)CCNC(C)COCCOC(=O)C(=C)C)COC(=O)CCNC(C)COCCOC(=O)C(=C)C. The number of ether oxygens (including phenoxy) is 9. The highest BCUT2D eigenvalue weighted by Crippen LogP contribution is 2.25. The minimum Gasteiger partial charge on any atom is -0.465 e. The van der Waals surface area contributed by atoms with E-state index in [-0.39, 0.29) is 96.8 Å². The minimum atomic E-state index is -1.01. The largest absolute Gasteiger partial charge is 0.465 e. The predicted molar refractivity (Wildman–Crippen MR) is 222 cm³/mol. The van der Waals surface area contributed by atoms with Gasteiger partial charge in [-0.05, 0) is 48.0 Å². The lowest BCUT2D eigenvalue weighted by molar-refractivity contribution is -0.162. The molecule has 18 nitrogen and oxygen atoms in total. The Labute approximate surface area is 355 Å². The standard InChI is InChI=1S/C42H71N3O15/c1-11-42(27-58-36(46)12-15-43-33(8)24-52-18-21-55-39(49)30(2)3,28-59-37(47)13-16-44-34(9)25-53-19-22-56-40(50)31(4)5)29-60-38(48)14-17-45-35(10)26-54-20-23-57-41(51)32(6)7/h33-35,43-45H,2,4,6,11-29H2,1,3,5,7-10H3. The van der Waals surface area contributed by atoms with Gasteiger partial charge in [0.05, 0.1) is 64.3 Å². The van der Waals surface area contributed by atoms with Crippen LogP contribution in [0.15, 0.2) is 36.5 Å². The van der Waals surface area contributed by atoms with Crippen molar-refractivity contribution in [3.05, 3.63) is 36.5 Å². The van der Waals surface area contributed by atoms with Gasteiger partial charge in [-0.15, -0.1) is 0 Å². The molecule has 0 aromatic heterocycles. The third-order valence-corrected chi connectivity index (χ3v) is 8.37. The Morgan fingerprint density at radius 2 is 0.733 bits per heavy atom. The van der Waals surface area contributed by atoms with Crippen molar-refractivity contribution in [2.24, 2.45) is 5.41 Å². The molecule has 3 atom stereocenters. The predicted octanol–water partition coefficient (Wildman–Crippen LogP) is 2.52. The summed E-state index contributed by atoms with van der Waals surface area (Å²) in [7, 11) is 0. The van der Waals surface area contributed by atoms with Crippen LogP contribution in [-0.2, 0) is 71.4 Å². The molecule has 0 rings (SSSR count). The van der Waals surface area contributed by atoms with Gasteiger partial charge in [0, 0.05) is 54.5 Å². The number of carbonyl (C=O) groups excluding carboxylic acids is 6. The summed E-state index contributed by atoms with van der Waals surface area (Å²) >= 11 is 0. The molecule has 3 unspecified atom stereocenters. The van der Waals surface area contributed by atoms with Crippen molar-refractivity contribution in [3.63, 3.8) is 0 Å². The van der Waals surface area contributed by atoms with Crippen LogP contribution in [0.2, 0.25) is 0 Å². The molecule has 0 bridgehead atoms. The Morgan fingerprint density at radius 1 is 0.467 bits per heavy atom. The first-order valence-corrected chi connectivity index (χ1v) is 20.3. The Morgan fingerprint density at radius 3 is 0.967 bits per heavy atom. The lowest BCUT2D eigenvalue weighted by atomic mass is 9.88. The highest BCUT2D eigenvalue weighted by atomic mass is 16.6. The van der Waals surface area contributed by atoms with E-state index in [0.29, 0.717) is 62.6 Å². The highest BCUT2D eigenvalue weighted by Gasteiger charge is 2.34. The van der Waals surface area contributed by atoms with E-state index in [2.05, 4.69) is 35.7 Å². The Bertz CT molecular complexity index is 1200. The molecule has 18 heteroatoms. The monoisotopic (exact) mass is 857 g/mol. The number of hydrogen-bond donors (Lipinski definition) is 3. The maximum absolute atomic E-state index is 12.8. The van der Waals surface area contributed by atoms with Crippen molar-refractivity contribution >= 4 is 35.8 Å². The van der Waals surface area contributed by atoms with Crippen molar-refractivity contribution in [1.29, 1.82) is 0 Å². The lowest BCUT2D eigenvalue weighted by Crippen LogP contribution is -2.40. The van der Waals surface area contributed by atoms with Gasteiger partial charge in [-0.3, -0.25) is 14.4 Å². The lowest BCUT2D eigenvalue weighted by Gasteiger charge is -2.31. The zero-order valence-electron chi connectivity index (χ0n) is 36.9. The number of esters is 6. The molecule has 0 radical (unpaired) electrons. The first-order chi connectivity index (χ1) is 28.4. The molecule has 0 aromatic carbocycles. The quantitative estimate of drug-likeness (QED) is 0.0354. The fourth-order valence-electron chi connectivity index (χ4n) is 4.52. The van der Waals surface area contributed by atoms with Gasteiger partial charge in [-0.25, -0.2) is 14.4 Å². The number of nitrogens with one attached hydrogen (secondary N) is 3. The summed E-state index contributed by atoms with van der Waals surface area (Å²) in [6, 6.07) is -0.306. The summed E-state index contributed by atoms with van der Waals surface area (Å²) in [5.41, 5.74) is -0.0827. The Kier molecular flexibility index (Phi) is 31.2. The van der Waals surface area contributed by atoms with Crippen LogP contribution in [0.3, 0.4) is 0 Å². The first kappa shape index (κ1) is 55.8. The minimum absolute atomic E-state index is 0.0420. The summed E-state index contributed by atoms with van der Waals surface area (Å²) < 4.78 is 48.4. The molecule has 0 aliphatic heterocycles. The van der Waals surface area contributed by atoms with Gasteiger partial charge in [0.25, 0.3) is 0 Å². The maximum atomic E-state index is 12.8. The van der Waals surface area contributed by atoms with E-state index in [1.165, 1.54) is 0 Å². The summed E-state index contributed by atoms with van der Waals surface area (Å²) in [5.74, 6) is -2.94. The smallest absolute Gasteiger partial charge is 0.333 e. The van der Waals surface area contributed by atoms with Crippen molar-refractivity contribution in [2.45, 2.75) is 92.3 Å². The van der Waals surface area contributed by atoms with Crippen LogP contribution in [0.25, 0.3) is 0 Å². The Balaban J connectivity index is 4.98. The summed E-state index contributed by atoms with van der Waals surface area (Å²) in [6.07, 6.45) is 0.485. The molecule has 0 aliphatic carbocycles. The van der Waals surface area contributed by atoms with Crippen LogP contribution < -0.4 is 16.0 Å². The third kappa shape index (κ3) is 29.9. The molecule has 0 saturated heterocycles. The molecule has 0 spiro atoms. The average Bonchev–Trinajstić information content (AvgIpc) is 3.19. The summed E-state index contributed by atoms with van der Waals surface area (Å²) in [4.78, 5) is 72.7. The van der Waals surface area contributed by atoms with E-state index in [0.717, 1.165) is 0 Å². The van der Waals surface area contributed by atoms with Gasteiger partial charge in [0.15, 0.2) is 0 Å². The molecule has 0 aliphatic rings. The van der Waals surface area contributed by atoms with Crippen molar-refractivity contribution in [3.8, 4) is 0 Å². The maximum Gasteiger partial charge on any atom is 0.333 e. The molecule has 0 aromatic rings. The fraction of sp³-hybridized carbons (Fsp3) is 0.714. The molecule has 0 heterocycles. The number of carbonyl (C=O) groups is 6. The van der Waals surface area contributed by atoms with Gasteiger partial charge in [-0.1, -0.05) is 26.7 Å². The van der Waals surface area contributed by atoms with E-state index in [9.17, 15) is 28.8 Å². The second kappa shape index (κ2) is 33.5. The van der Waals surface area contributed by atoms with Gasteiger partial charge in [0.1, 0.15) is 39.6 Å². The van der Waals surface area contributed by atoms with Crippen LogP contribution in [0.1, 0.15) is 74.1 Å². The van der Waals surface area contributed by atoms with E-state index < -0.39 is 41.2 Å². The zero-order valence-corrected chi connectivity index (χ0v) is 36.9. The normalized spacial score (nSPS) is 13.4. The van der Waals surface area contributed by atoms with Crippen LogP contribution >= 0.6 is 0 Å². The molecule has 344 valence electrons. The molecule has 3 N–H and O–H groups in total. The van der Waals surface area contributed by atoms with Crippen LogP contribution in [0.4, 0.5) is 0 Å². The number of rotatable bonds is 37. The van der Waals surface area contributed by atoms with Crippen LogP contribution in [-0.4, -0.2) is 153 Å². The van der Waals surface area contributed by atoms with E-state index in [1.54, 1.807) is 20.8 Å². The van der Waals surface area contributed by atoms with E-state index >= 15 is 0 Å². The molecule has 0 amide bonds. The van der Waals surface area contributed by atoms with Gasteiger partial charge in [-0.2, -0.15) is 0 Å². The van der Waals surface area contributed by atoms with E-state index in [4.69, 9.17) is 42.6 Å². The van der Waals surface area contributed by atoms with Gasteiger partial charge < -0.3 is 58.6 Å². The second-order valence-electron chi connectivity index (χ2n) is 14.6. The van der Waals surface area contributed by atoms with Crippen molar-refractivity contribution in [2.75, 3.05) is 98.9 Å². The third-order valence-electron chi connectivity index (χ3n) is 8.37. The molecular formula is C42H71N3O15. The van der Waals surface area contributed by atoms with Gasteiger partial charge >= 0.3 is 35.8 Å². The molecular weight excluding hydrogens is 786 g/mol. The average molecular weight is 858 g/mol. The number of hydrogen-bond acceptors (Lipinski definition) is 18. The molecule has 60 heavy (non-hydrogen) atoms. The van der Waals surface area contributed by atoms with Gasteiger partial charge in [0.2, 0.25) is 0 Å². The van der Waals surface area contributed by atoms with Crippen molar-refractivity contribution in [1.82, 2.24) is 16.0 Å². The zero-order chi connectivity index (χ0) is 45.3. The Hall–Kier alpha value is -4.20. The van der Waals surface area contributed by atoms with E-state index in [1.807, 2.05) is 27.7 Å². The fourth-order valence-corrected chi connectivity index (χ4v) is 4.52. The first-order valence-electron chi connectivity index (χ1n) is 20.3. The van der Waals surface area contributed by atoms with Crippen molar-refractivity contribution < 1.29 is 71.4 Å². The summed E-state index contributed by atoms with van der Waals surface area (Å²) in [5, 5.41) is 9.51. The summed E-state index contributed by atoms with van der Waals surface area (Å²) in [6.45, 7) is 25.0. The van der Waals surface area contributed by atoms with Crippen LogP contribution in [0, 0.1) is 5.41 Å².